The molecular formula is C16H24BrN3O. The van der Waals surface area contributed by atoms with E-state index in [0.29, 0.717) is 6.42 Å². The van der Waals surface area contributed by atoms with Crippen LogP contribution in [-0.2, 0) is 4.79 Å². The van der Waals surface area contributed by atoms with Crippen LogP contribution in [0.1, 0.15) is 33.1 Å². The van der Waals surface area contributed by atoms with Crippen molar-refractivity contribution in [1.29, 1.82) is 0 Å². The zero-order chi connectivity index (χ0) is 15.5. The molecule has 1 amide bonds. The number of nitrogens with two attached hydrogens (primary N) is 1. The van der Waals surface area contributed by atoms with E-state index in [9.17, 15) is 4.79 Å². The normalized spacial score (nSPS) is 21.1. The summed E-state index contributed by atoms with van der Waals surface area (Å²) in [5.41, 5.74) is 6.50. The second-order valence-corrected chi connectivity index (χ2v) is 6.88. The highest BCUT2D eigenvalue weighted by molar-refractivity contribution is 9.10. The number of para-hydroxylation sites is 1. The van der Waals surface area contributed by atoms with Gasteiger partial charge in [-0.2, -0.15) is 0 Å². The molecule has 0 aliphatic carbocycles. The lowest BCUT2D eigenvalue weighted by atomic mass is 9.96. The fourth-order valence-electron chi connectivity index (χ4n) is 2.79. The van der Waals surface area contributed by atoms with Gasteiger partial charge in [-0.15, -0.1) is 0 Å². The lowest BCUT2D eigenvalue weighted by Crippen LogP contribution is -2.54. The van der Waals surface area contributed by atoms with Crippen LogP contribution < -0.4 is 16.0 Å². The highest BCUT2D eigenvalue weighted by Crippen LogP contribution is 2.28. The van der Waals surface area contributed by atoms with Crippen molar-refractivity contribution in [2.45, 2.75) is 44.7 Å². The molecule has 1 heterocycles. The molecule has 0 aromatic heterocycles. The van der Waals surface area contributed by atoms with Gasteiger partial charge in [0.05, 0.1) is 11.2 Å². The third kappa shape index (κ3) is 3.98. The molecule has 1 aliphatic heterocycles. The quantitative estimate of drug-likeness (QED) is 0.855. The number of amides is 1. The van der Waals surface area contributed by atoms with Crippen molar-refractivity contribution >= 4 is 27.5 Å². The van der Waals surface area contributed by atoms with Crippen molar-refractivity contribution in [3.8, 4) is 0 Å². The highest BCUT2D eigenvalue weighted by atomic mass is 79.9. The number of hydrogen-bond acceptors (Lipinski definition) is 3. The molecule has 1 aromatic rings. The minimum Gasteiger partial charge on any atom is -0.368 e. The topological polar surface area (TPSA) is 58.4 Å². The Bertz CT molecular complexity index is 504. The Hall–Kier alpha value is -1.07. The van der Waals surface area contributed by atoms with Crippen LogP contribution in [0.2, 0.25) is 0 Å². The molecule has 116 valence electrons. The average Bonchev–Trinajstić information content (AvgIpc) is 2.87. The van der Waals surface area contributed by atoms with Crippen LogP contribution in [0.15, 0.2) is 28.7 Å². The SMILES string of the molecule is CCCC(C)(N)C(=O)NC1CCN(c2ccccc2Br)C1. The molecule has 2 atom stereocenters. The maximum absolute atomic E-state index is 12.3. The standard InChI is InChI=1S/C16H24BrN3O/c1-3-9-16(2,18)15(21)19-12-8-10-20(11-12)14-7-5-4-6-13(14)17/h4-7,12H,3,8-11,18H2,1-2H3,(H,19,21). The second-order valence-electron chi connectivity index (χ2n) is 6.02. The Labute approximate surface area is 135 Å². The van der Waals surface area contributed by atoms with Crippen LogP contribution in [0.4, 0.5) is 5.69 Å². The summed E-state index contributed by atoms with van der Waals surface area (Å²) in [4.78, 5) is 14.6. The summed E-state index contributed by atoms with van der Waals surface area (Å²) in [5.74, 6) is -0.0386. The molecule has 1 fully saturated rings. The zero-order valence-corrected chi connectivity index (χ0v) is 14.3. The average molecular weight is 354 g/mol. The predicted octanol–water partition coefficient (Wildman–Crippen LogP) is 2.66. The molecule has 2 rings (SSSR count). The monoisotopic (exact) mass is 353 g/mol. The number of rotatable bonds is 5. The van der Waals surface area contributed by atoms with E-state index in [0.717, 1.165) is 30.4 Å². The van der Waals surface area contributed by atoms with E-state index in [2.05, 4.69) is 32.2 Å². The molecule has 0 spiro atoms. The number of carbonyl (C=O) groups is 1. The van der Waals surface area contributed by atoms with Crippen molar-refractivity contribution in [2.75, 3.05) is 18.0 Å². The number of nitrogens with one attached hydrogen (secondary N) is 1. The van der Waals surface area contributed by atoms with Crippen LogP contribution >= 0.6 is 15.9 Å². The van der Waals surface area contributed by atoms with E-state index in [4.69, 9.17) is 5.73 Å². The van der Waals surface area contributed by atoms with Crippen LogP contribution in [0.25, 0.3) is 0 Å². The molecule has 0 saturated carbocycles. The second kappa shape index (κ2) is 6.79. The molecule has 5 heteroatoms. The van der Waals surface area contributed by atoms with Gasteiger partial charge in [0.15, 0.2) is 0 Å². The van der Waals surface area contributed by atoms with E-state index in [1.54, 1.807) is 0 Å². The Morgan fingerprint density at radius 3 is 2.90 bits per heavy atom. The van der Waals surface area contributed by atoms with Gasteiger partial charge in [0.1, 0.15) is 0 Å². The molecule has 0 bridgehead atoms. The van der Waals surface area contributed by atoms with Gasteiger partial charge in [0.25, 0.3) is 0 Å². The van der Waals surface area contributed by atoms with Gasteiger partial charge >= 0.3 is 0 Å². The number of hydrogen-bond donors (Lipinski definition) is 2. The predicted molar refractivity (Wildman–Crippen MR) is 90.4 cm³/mol. The maximum Gasteiger partial charge on any atom is 0.240 e. The Morgan fingerprint density at radius 2 is 2.24 bits per heavy atom. The number of carbonyl (C=O) groups excluding carboxylic acids is 1. The van der Waals surface area contributed by atoms with Gasteiger partial charge in [0.2, 0.25) is 5.91 Å². The van der Waals surface area contributed by atoms with Crippen molar-refractivity contribution in [3.63, 3.8) is 0 Å². The van der Waals surface area contributed by atoms with Gasteiger partial charge in [-0.05, 0) is 47.8 Å². The first-order chi connectivity index (χ1) is 9.94. The highest BCUT2D eigenvalue weighted by Gasteiger charge is 2.31. The minimum atomic E-state index is -0.768. The molecule has 2 unspecified atom stereocenters. The summed E-state index contributed by atoms with van der Waals surface area (Å²) in [6, 6.07) is 8.35. The summed E-state index contributed by atoms with van der Waals surface area (Å²) in [6.07, 6.45) is 2.57. The third-order valence-corrected chi connectivity index (χ3v) is 4.68. The fraction of sp³-hybridized carbons (Fsp3) is 0.562. The van der Waals surface area contributed by atoms with Crippen molar-refractivity contribution in [3.05, 3.63) is 28.7 Å². The van der Waals surface area contributed by atoms with E-state index >= 15 is 0 Å². The number of nitrogens with zero attached hydrogens (tertiary/aromatic N) is 1. The number of benzene rings is 1. The first-order valence-corrected chi connectivity index (χ1v) is 8.32. The molecule has 1 aliphatic rings. The summed E-state index contributed by atoms with van der Waals surface area (Å²) in [5, 5.41) is 3.10. The van der Waals surface area contributed by atoms with Gasteiger partial charge < -0.3 is 16.0 Å². The van der Waals surface area contributed by atoms with Crippen LogP contribution in [0.5, 0.6) is 0 Å². The molecule has 1 aromatic carbocycles. The Morgan fingerprint density at radius 1 is 1.52 bits per heavy atom. The Kier molecular flexibility index (Phi) is 5.27. The van der Waals surface area contributed by atoms with Gasteiger partial charge in [-0.3, -0.25) is 4.79 Å². The molecule has 21 heavy (non-hydrogen) atoms. The zero-order valence-electron chi connectivity index (χ0n) is 12.7. The lowest BCUT2D eigenvalue weighted by Gasteiger charge is -2.26. The first-order valence-electron chi connectivity index (χ1n) is 7.53. The molecule has 4 nitrogen and oxygen atoms in total. The molecule has 3 N–H and O–H groups in total. The summed E-state index contributed by atoms with van der Waals surface area (Å²) >= 11 is 3.58. The van der Waals surface area contributed by atoms with Gasteiger partial charge in [0, 0.05) is 23.6 Å². The van der Waals surface area contributed by atoms with Crippen LogP contribution in [0, 0.1) is 0 Å². The smallest absolute Gasteiger partial charge is 0.240 e. The van der Waals surface area contributed by atoms with Crippen molar-refractivity contribution in [2.24, 2.45) is 5.73 Å². The lowest BCUT2D eigenvalue weighted by molar-refractivity contribution is -0.126. The van der Waals surface area contributed by atoms with Crippen molar-refractivity contribution in [1.82, 2.24) is 5.32 Å². The summed E-state index contributed by atoms with van der Waals surface area (Å²) in [7, 11) is 0. The molecule has 1 saturated heterocycles. The van der Waals surface area contributed by atoms with E-state index < -0.39 is 5.54 Å². The van der Waals surface area contributed by atoms with Crippen LogP contribution in [0.3, 0.4) is 0 Å². The largest absolute Gasteiger partial charge is 0.368 e. The van der Waals surface area contributed by atoms with E-state index in [-0.39, 0.29) is 11.9 Å². The van der Waals surface area contributed by atoms with Gasteiger partial charge in [-0.1, -0.05) is 25.5 Å². The summed E-state index contributed by atoms with van der Waals surface area (Å²) < 4.78 is 1.09. The summed E-state index contributed by atoms with van der Waals surface area (Å²) in [6.45, 7) is 5.63. The van der Waals surface area contributed by atoms with E-state index in [1.165, 1.54) is 5.69 Å². The van der Waals surface area contributed by atoms with Crippen molar-refractivity contribution < 1.29 is 4.79 Å². The first kappa shape index (κ1) is 16.3. The van der Waals surface area contributed by atoms with Crippen LogP contribution in [-0.4, -0.2) is 30.6 Å². The maximum atomic E-state index is 12.3. The molecule has 0 radical (unpaired) electrons. The Balaban J connectivity index is 1.94. The van der Waals surface area contributed by atoms with Gasteiger partial charge in [-0.25, -0.2) is 0 Å². The fourth-order valence-corrected chi connectivity index (χ4v) is 3.32. The third-order valence-electron chi connectivity index (χ3n) is 4.00. The number of halogens is 1. The molecular weight excluding hydrogens is 330 g/mol. The minimum absolute atomic E-state index is 0.0386. The van der Waals surface area contributed by atoms with E-state index in [1.807, 2.05) is 32.0 Å². The number of anilines is 1.